The Balaban J connectivity index is -0.000000299. The highest BCUT2D eigenvalue weighted by molar-refractivity contribution is 7.88. The molecular formula is C52H76F16O37S6-6. The van der Waals surface area contributed by atoms with Crippen LogP contribution in [-0.2, 0) is 151 Å². The molecule has 0 bridgehead atoms. The van der Waals surface area contributed by atoms with Crippen molar-refractivity contribution in [1.29, 1.82) is 0 Å². The van der Waals surface area contributed by atoms with Gasteiger partial charge < -0.3 is 74.7 Å². The van der Waals surface area contributed by atoms with Gasteiger partial charge in [0.1, 0.15) is 19.8 Å². The zero-order chi connectivity index (χ0) is 89.8. The van der Waals surface area contributed by atoms with Crippen LogP contribution in [0.15, 0.2) is 0 Å². The van der Waals surface area contributed by atoms with Gasteiger partial charge in [0.25, 0.3) is 0 Å². The van der Waals surface area contributed by atoms with E-state index >= 15 is 0 Å². The summed E-state index contributed by atoms with van der Waals surface area (Å²) < 4.78 is 424. The number of carbonyl (C=O) groups is 9. The smallest absolute Gasteiger partial charge is 0.433 e. The summed E-state index contributed by atoms with van der Waals surface area (Å²) in [6.07, 6.45) is -2.65. The molecule has 0 radical (unpaired) electrons. The van der Waals surface area contributed by atoms with Gasteiger partial charge in [0.05, 0.1) is 55.3 Å². The van der Waals surface area contributed by atoms with Crippen LogP contribution < -0.4 is 0 Å². The maximum absolute atomic E-state index is 12.8. The Morgan fingerprint density at radius 2 is 0.523 bits per heavy atom. The number of alkyl halides is 16. The lowest BCUT2D eigenvalue weighted by molar-refractivity contribution is -0.320. The van der Waals surface area contributed by atoms with Crippen LogP contribution in [0.3, 0.4) is 0 Å². The van der Waals surface area contributed by atoms with E-state index in [0.29, 0.717) is 32.1 Å². The minimum Gasteiger partial charge on any atom is -0.743 e. The topological polar surface area (TPSA) is 589 Å². The maximum Gasteiger partial charge on any atom is 0.433 e. The monoisotopic (exact) mass is 1790 g/mol. The second kappa shape index (κ2) is 48.7. The van der Waals surface area contributed by atoms with E-state index in [1.807, 2.05) is 6.92 Å². The summed E-state index contributed by atoms with van der Waals surface area (Å²) in [6.45, 7) is 10.2. The number of hydrogen-bond donors (Lipinski definition) is 0. The zero-order valence-electron chi connectivity index (χ0n) is 59.6. The third-order valence-corrected chi connectivity index (χ3v) is 17.9. The number of hydrogen-bond acceptors (Lipinski definition) is 37. The molecule has 0 rings (SSSR count). The highest BCUT2D eigenvalue weighted by atomic mass is 32.2. The lowest BCUT2D eigenvalue weighted by atomic mass is 10.1. The minimum absolute atomic E-state index is 0.0248. The Hall–Kier alpha value is -6.47. The summed E-state index contributed by atoms with van der Waals surface area (Å²) in [5.74, 6) is -20.6. The molecule has 0 amide bonds. The van der Waals surface area contributed by atoms with Crippen molar-refractivity contribution in [3.63, 3.8) is 0 Å². The predicted octanol–water partition coefficient (Wildman–Crippen LogP) is 4.89. The molecule has 0 aromatic heterocycles. The van der Waals surface area contributed by atoms with Crippen molar-refractivity contribution in [2.24, 2.45) is 35.5 Å². The van der Waals surface area contributed by atoms with E-state index in [0.717, 1.165) is 0 Å². The van der Waals surface area contributed by atoms with Gasteiger partial charge >= 0.3 is 97.3 Å². The number of esters is 9. The van der Waals surface area contributed by atoms with Crippen LogP contribution >= 0.6 is 0 Å². The molecule has 111 heavy (non-hydrogen) atoms. The summed E-state index contributed by atoms with van der Waals surface area (Å²) in [5, 5.41) is -31.8. The quantitative estimate of drug-likeness (QED) is 0.0196. The van der Waals surface area contributed by atoms with Gasteiger partial charge in [-0.05, 0) is 51.4 Å². The van der Waals surface area contributed by atoms with Crippen LogP contribution in [0.4, 0.5) is 70.2 Å². The molecule has 0 fully saturated rings. The van der Waals surface area contributed by atoms with E-state index in [9.17, 15) is 191 Å². The molecule has 0 spiro atoms. The third-order valence-electron chi connectivity index (χ3n) is 12.9. The molecule has 0 heterocycles. The van der Waals surface area contributed by atoms with Crippen molar-refractivity contribution in [2.45, 2.75) is 178 Å². The second-order valence-electron chi connectivity index (χ2n) is 21.6. The van der Waals surface area contributed by atoms with Crippen LogP contribution in [0.1, 0.15) is 134 Å². The van der Waals surface area contributed by atoms with Gasteiger partial charge in [0, 0.05) is 0 Å². The molecule has 0 aliphatic heterocycles. The first-order chi connectivity index (χ1) is 49.5. The average Bonchev–Trinajstić information content (AvgIpc) is 0.784. The summed E-state index contributed by atoms with van der Waals surface area (Å²) in [5.41, 5.74) is 0. The van der Waals surface area contributed by atoms with Crippen molar-refractivity contribution in [3.8, 4) is 0 Å². The lowest BCUT2D eigenvalue weighted by Crippen LogP contribution is -2.50. The summed E-state index contributed by atoms with van der Waals surface area (Å²) in [4.78, 5) is 98.3. The first-order valence-electron chi connectivity index (χ1n) is 30.4. The Labute approximate surface area is 623 Å². The second-order valence-corrected chi connectivity index (χ2v) is 30.2. The number of carbonyl (C=O) groups excluding carboxylic acids is 9. The van der Waals surface area contributed by atoms with Crippen molar-refractivity contribution in [2.75, 3.05) is 59.6 Å². The van der Waals surface area contributed by atoms with Gasteiger partial charge in [-0.15, -0.1) is 0 Å². The predicted molar refractivity (Wildman–Crippen MR) is 323 cm³/mol. The van der Waals surface area contributed by atoms with E-state index in [4.69, 9.17) is 4.74 Å². The highest BCUT2D eigenvalue weighted by Gasteiger charge is 2.64. The normalized spacial score (nSPS) is 14.3. The first kappa shape index (κ1) is 115. The first-order valence-corrected chi connectivity index (χ1v) is 38.8. The van der Waals surface area contributed by atoms with E-state index < -0.39 is 241 Å². The Morgan fingerprint density at radius 1 is 0.288 bits per heavy atom. The van der Waals surface area contributed by atoms with Crippen LogP contribution in [0.2, 0.25) is 0 Å². The van der Waals surface area contributed by atoms with Crippen molar-refractivity contribution < 1.29 is 239 Å². The fraction of sp³-hybridized carbons (Fsp3) is 0.827. The van der Waals surface area contributed by atoms with Crippen LogP contribution in [0.25, 0.3) is 0 Å². The molecule has 59 heteroatoms. The maximum atomic E-state index is 12.8. The van der Waals surface area contributed by atoms with Gasteiger partial charge in [0.15, 0.2) is 73.9 Å². The molecule has 37 nitrogen and oxygen atoms in total. The van der Waals surface area contributed by atoms with Gasteiger partial charge in [-0.2, -0.15) is 70.2 Å². The molecule has 6 unspecified atom stereocenters. The fourth-order valence-electron chi connectivity index (χ4n) is 4.57. The SMILES string of the molecule is CCC(C)C(=O)OCC(F)(F)C(F)(F)S(=O)(=O)[O-].CCC(C)C(=O)OCC(F)(F)S(=O)(=O)[O-].CCC(C)C(=O)OCCCCOC(=O)C(F)(F)S(=O)(=O)[O-].CCC(C)C(=O)OCCOC(=O)C(F)(F)S(=O)(=O)[O-].CCC(C)C(=O)OCCOC(F)(F)C(F)(F)S(=O)(=O)[O-].CCC(C)C(=O)OCOC(=O)C(F)(F)S(=O)(=O)[O-]. The van der Waals surface area contributed by atoms with E-state index in [-0.39, 0.29) is 31.8 Å². The van der Waals surface area contributed by atoms with Gasteiger partial charge in [-0.3, -0.25) is 28.8 Å². The van der Waals surface area contributed by atoms with Crippen LogP contribution in [-0.4, -0.2) is 235 Å². The Bertz CT molecular complexity index is 3700. The molecule has 0 saturated carbocycles. The lowest BCUT2D eigenvalue weighted by Gasteiger charge is -2.28. The number of halogens is 16. The molecule has 660 valence electrons. The van der Waals surface area contributed by atoms with Gasteiger partial charge in [-0.1, -0.05) is 83.1 Å². The van der Waals surface area contributed by atoms with Crippen LogP contribution in [0.5, 0.6) is 0 Å². The molecule has 0 aromatic carbocycles. The number of unbranched alkanes of at least 4 members (excludes halogenated alkanes) is 1. The largest absolute Gasteiger partial charge is 0.743 e. The summed E-state index contributed by atoms with van der Waals surface area (Å²) in [6, 6.07) is 0. The molecule has 0 aliphatic rings. The number of rotatable bonds is 41. The standard InChI is InChI=1S/C11H18F2O7S.C9H14F4O6S.C9H14F2O7S.C8H12F4O5S.C8H12F2O7S.C7H12F2O5S/c1-3-8(2)9(14)19-6-4-5-7-20-10(15)11(12,13)21(16,17)18;1-3-6(2)7(14)18-4-5-19-8(10,11)9(12,13)20(15,16)17;1-3-6(2)7(12)17-4-5-18-8(13)9(10,11)19(14,15)16;1-3-5(2)6(13)17-4-7(9,10)8(11,12)18(14,15)16;1-3-5(2)6(11)16-4-17-7(12)8(9,10)18(13,14)15;1-3-5(2)6(10)14-4-7(8,9)15(11,12)13/h8H,3-7H2,1-2H3,(H,16,17,18);6H,3-5H2,1-2H3,(H,15,16,17);6H,3-5H2,1-2H3,(H,14,15,16);5H,3-4H2,1-2H3,(H,14,15,16);5H,3-4H2,1-2H3,(H,13,14,15);5H,3-4H2,1-2H3,(H,11,12,13)/p-6. The van der Waals surface area contributed by atoms with Crippen molar-refractivity contribution in [3.05, 3.63) is 0 Å². The molecule has 6 atom stereocenters. The molecule has 0 aromatic rings. The third kappa shape index (κ3) is 40.9. The molecule has 0 N–H and O–H groups in total. The van der Waals surface area contributed by atoms with Gasteiger partial charge in [-0.25, -0.2) is 64.9 Å². The number of ether oxygens (including phenoxy) is 10. The van der Waals surface area contributed by atoms with E-state index in [2.05, 4.69) is 42.6 Å². The van der Waals surface area contributed by atoms with E-state index in [1.165, 1.54) is 34.6 Å². The zero-order valence-corrected chi connectivity index (χ0v) is 64.5. The van der Waals surface area contributed by atoms with E-state index in [1.54, 1.807) is 41.5 Å². The molecule has 0 saturated heterocycles. The Kier molecular flexibility index (Phi) is 50.6. The van der Waals surface area contributed by atoms with Crippen molar-refractivity contribution >= 4 is 114 Å². The van der Waals surface area contributed by atoms with Crippen LogP contribution in [0, 0.1) is 35.5 Å². The highest BCUT2D eigenvalue weighted by Crippen LogP contribution is 2.40. The van der Waals surface area contributed by atoms with Crippen molar-refractivity contribution in [1.82, 2.24) is 0 Å². The Morgan fingerprint density at radius 3 is 0.802 bits per heavy atom. The summed E-state index contributed by atoms with van der Waals surface area (Å²) >= 11 is 0. The molecule has 0 aliphatic carbocycles. The fourth-order valence-corrected chi connectivity index (χ4v) is 6.34. The average molecular weight is 1790 g/mol. The summed E-state index contributed by atoms with van der Waals surface area (Å²) in [7, 11) is -37.4. The van der Waals surface area contributed by atoms with Gasteiger partial charge in [0.2, 0.25) is 6.79 Å². The molecular weight excluding hydrogens is 1710 g/mol. The minimum atomic E-state index is -6.60.